The molecule has 0 saturated heterocycles. The van der Waals surface area contributed by atoms with Crippen molar-refractivity contribution in [2.24, 2.45) is 0 Å². The van der Waals surface area contributed by atoms with Crippen LogP contribution in [0, 0.1) is 13.7 Å². The Labute approximate surface area is 247 Å². The van der Waals surface area contributed by atoms with Gasteiger partial charge >= 0.3 is 0 Å². The van der Waals surface area contributed by atoms with Crippen LogP contribution in [0.4, 0.5) is 0 Å². The highest BCUT2D eigenvalue weighted by molar-refractivity contribution is 6.17. The molecule has 6 aromatic carbocycles. The first-order chi connectivity index (χ1) is 22.6. The Kier molecular flexibility index (Phi) is 4.07. The summed E-state index contributed by atoms with van der Waals surface area (Å²) in [5.74, 6) is 0. The van der Waals surface area contributed by atoms with Gasteiger partial charge in [0.15, 0.2) is 0 Å². The smallest absolute Gasteiger partial charge is 0.144 e. The summed E-state index contributed by atoms with van der Waals surface area (Å²) in [5, 5.41) is 5.49. The molecule has 8 rings (SSSR count). The molecule has 0 aliphatic carbocycles. The normalized spacial score (nSPS) is 14.4. The summed E-state index contributed by atoms with van der Waals surface area (Å²) in [6.07, 6.45) is 1.35. The van der Waals surface area contributed by atoms with Gasteiger partial charge in [-0.15, -0.1) is 0 Å². The summed E-state index contributed by atoms with van der Waals surface area (Å²) < 4.78 is 57.1. The summed E-state index contributed by atoms with van der Waals surface area (Å²) in [5.41, 5.74) is 5.23. The van der Waals surface area contributed by atoms with Gasteiger partial charge in [0.05, 0.1) is 5.69 Å². The fourth-order valence-corrected chi connectivity index (χ4v) is 5.88. The molecule has 0 fully saturated rings. The maximum atomic E-state index is 8.50. The number of hydrogen-bond acceptors (Lipinski definition) is 2. The quantitative estimate of drug-likeness (QED) is 0.227. The highest BCUT2D eigenvalue weighted by Crippen LogP contribution is 2.40. The number of nitrogens with zero attached hydrogens (tertiary/aromatic N) is 1. The molecule has 0 aliphatic rings. The van der Waals surface area contributed by atoms with Crippen LogP contribution in [0.15, 0.2) is 132 Å². The second-order valence-electron chi connectivity index (χ2n) is 10.4. The average Bonchev–Trinajstić information content (AvgIpc) is 3.46. The highest BCUT2D eigenvalue weighted by Gasteiger charge is 2.17. The third-order valence-corrected chi connectivity index (χ3v) is 7.94. The molecule has 0 atom stereocenters. The SMILES string of the molecule is [2H]C([2H])([2H])c1cnc(-c2cccc3c2oc2c4ccccc4ccc32)cc1-c1cc2ccc(-c3ccccc3)cc2cc1C([2H])([2H])[2H]. The number of rotatable bonds is 3. The van der Waals surface area contributed by atoms with E-state index in [0.717, 1.165) is 49.0 Å². The minimum atomic E-state index is -2.54. The summed E-state index contributed by atoms with van der Waals surface area (Å²) in [6.45, 7) is -5.05. The summed E-state index contributed by atoms with van der Waals surface area (Å²) in [4.78, 5) is 4.62. The largest absolute Gasteiger partial charge is 0.455 e. The topological polar surface area (TPSA) is 26.0 Å². The lowest BCUT2D eigenvalue weighted by atomic mass is 9.92. The first kappa shape index (κ1) is 18.2. The van der Waals surface area contributed by atoms with Crippen molar-refractivity contribution in [3.8, 4) is 33.5 Å². The molecule has 0 radical (unpaired) electrons. The predicted octanol–water partition coefficient (Wildman–Crippen LogP) is 10.9. The van der Waals surface area contributed by atoms with E-state index in [4.69, 9.17) is 12.6 Å². The molecule has 2 aromatic heterocycles. The first-order valence-corrected chi connectivity index (χ1v) is 13.5. The van der Waals surface area contributed by atoms with E-state index in [1.807, 2.05) is 97.1 Å². The van der Waals surface area contributed by atoms with Crippen LogP contribution in [-0.4, -0.2) is 4.98 Å². The third-order valence-electron chi connectivity index (χ3n) is 7.94. The van der Waals surface area contributed by atoms with Gasteiger partial charge in [-0.1, -0.05) is 91.0 Å². The highest BCUT2D eigenvalue weighted by atomic mass is 16.3. The number of para-hydroxylation sites is 1. The van der Waals surface area contributed by atoms with E-state index in [1.54, 1.807) is 18.2 Å². The van der Waals surface area contributed by atoms with Crippen molar-refractivity contribution in [3.63, 3.8) is 0 Å². The average molecular weight is 532 g/mol. The molecule has 194 valence electrons. The summed E-state index contributed by atoms with van der Waals surface area (Å²) in [6, 6.07) is 38.9. The van der Waals surface area contributed by atoms with Crippen LogP contribution in [0.5, 0.6) is 0 Å². The molecule has 0 spiro atoms. The van der Waals surface area contributed by atoms with Crippen LogP contribution >= 0.6 is 0 Å². The lowest BCUT2D eigenvalue weighted by molar-refractivity contribution is 0.673. The van der Waals surface area contributed by atoms with Gasteiger partial charge in [-0.3, -0.25) is 4.98 Å². The van der Waals surface area contributed by atoms with Crippen LogP contribution in [0.2, 0.25) is 0 Å². The van der Waals surface area contributed by atoms with Crippen LogP contribution in [0.1, 0.15) is 19.4 Å². The molecule has 0 aliphatic heterocycles. The Morgan fingerprint density at radius 3 is 2.20 bits per heavy atom. The van der Waals surface area contributed by atoms with E-state index in [2.05, 4.69) is 11.1 Å². The van der Waals surface area contributed by atoms with Crippen molar-refractivity contribution in [2.75, 3.05) is 0 Å². The number of hydrogen-bond donors (Lipinski definition) is 0. The zero-order valence-electron chi connectivity index (χ0n) is 28.0. The van der Waals surface area contributed by atoms with Gasteiger partial charge in [0.1, 0.15) is 11.2 Å². The molecule has 0 N–H and O–H groups in total. The Bertz CT molecular complexity index is 2490. The number of pyridine rings is 1. The Morgan fingerprint density at radius 2 is 1.29 bits per heavy atom. The van der Waals surface area contributed by atoms with Crippen LogP contribution in [-0.2, 0) is 0 Å². The van der Waals surface area contributed by atoms with Crippen LogP contribution < -0.4 is 0 Å². The van der Waals surface area contributed by atoms with Crippen molar-refractivity contribution in [1.82, 2.24) is 4.98 Å². The van der Waals surface area contributed by atoms with Crippen LogP contribution in [0.25, 0.3) is 77.0 Å². The zero-order valence-corrected chi connectivity index (χ0v) is 22.0. The minimum absolute atomic E-state index is 0.0187. The van der Waals surface area contributed by atoms with E-state index in [0.29, 0.717) is 28.0 Å². The first-order valence-electron chi connectivity index (χ1n) is 16.5. The van der Waals surface area contributed by atoms with E-state index in [-0.39, 0.29) is 11.1 Å². The summed E-state index contributed by atoms with van der Waals surface area (Å²) >= 11 is 0. The third kappa shape index (κ3) is 3.83. The number of aromatic nitrogens is 1. The standard InChI is InChI=1S/C39H27NO/c1-24-19-30-20-28(26-9-4-3-5-10-26)15-16-29(30)21-35(24)36-22-37(40-23-25(36)2)34-14-8-13-32-33-18-17-27-11-6-7-12-31(27)38(33)41-39(32)34/h3-23H,1-2H3/i1D3,2D3. The molecular formula is C39H27NO. The van der Waals surface area contributed by atoms with Gasteiger partial charge in [0.2, 0.25) is 0 Å². The van der Waals surface area contributed by atoms with Gasteiger partial charge in [-0.2, -0.15) is 0 Å². The van der Waals surface area contributed by atoms with E-state index in [1.165, 1.54) is 6.20 Å². The molecule has 8 aromatic rings. The van der Waals surface area contributed by atoms with E-state index < -0.39 is 13.7 Å². The van der Waals surface area contributed by atoms with Crippen LogP contribution in [0.3, 0.4) is 0 Å². The number of fused-ring (bicyclic) bond motifs is 6. The lowest BCUT2D eigenvalue weighted by Crippen LogP contribution is -1.93. The van der Waals surface area contributed by atoms with Crippen molar-refractivity contribution >= 4 is 43.5 Å². The molecular weight excluding hydrogens is 498 g/mol. The van der Waals surface area contributed by atoms with Crippen molar-refractivity contribution < 1.29 is 12.6 Å². The maximum Gasteiger partial charge on any atom is 0.144 e. The summed E-state index contributed by atoms with van der Waals surface area (Å²) in [7, 11) is 0. The number of benzene rings is 6. The minimum Gasteiger partial charge on any atom is -0.455 e. The fraction of sp³-hybridized carbons (Fsp3) is 0.0513. The van der Waals surface area contributed by atoms with Gasteiger partial charge in [0, 0.05) is 36.1 Å². The van der Waals surface area contributed by atoms with Gasteiger partial charge in [-0.05, 0) is 93.6 Å². The van der Waals surface area contributed by atoms with Gasteiger partial charge in [-0.25, -0.2) is 0 Å². The lowest BCUT2D eigenvalue weighted by Gasteiger charge is -2.14. The second-order valence-corrected chi connectivity index (χ2v) is 10.4. The molecule has 41 heavy (non-hydrogen) atoms. The van der Waals surface area contributed by atoms with E-state index >= 15 is 0 Å². The predicted molar refractivity (Wildman–Crippen MR) is 172 cm³/mol. The van der Waals surface area contributed by atoms with Crippen molar-refractivity contribution in [3.05, 3.63) is 139 Å². The molecule has 0 unspecified atom stereocenters. The Morgan fingerprint density at radius 1 is 0.512 bits per heavy atom. The Hall–Kier alpha value is -5.21. The number of furan rings is 1. The molecule has 2 nitrogen and oxygen atoms in total. The van der Waals surface area contributed by atoms with Gasteiger partial charge < -0.3 is 4.42 Å². The van der Waals surface area contributed by atoms with Crippen molar-refractivity contribution in [1.29, 1.82) is 0 Å². The maximum absolute atomic E-state index is 8.50. The molecule has 0 amide bonds. The van der Waals surface area contributed by atoms with E-state index in [9.17, 15) is 0 Å². The van der Waals surface area contributed by atoms with Gasteiger partial charge in [0.25, 0.3) is 0 Å². The fourth-order valence-electron chi connectivity index (χ4n) is 5.88. The van der Waals surface area contributed by atoms with Crippen molar-refractivity contribution in [2.45, 2.75) is 13.7 Å². The molecule has 2 heterocycles. The second kappa shape index (κ2) is 9.18. The monoisotopic (exact) mass is 531 g/mol. The Balaban J connectivity index is 1.37. The molecule has 0 saturated carbocycles. The molecule has 0 bridgehead atoms. The number of aryl methyl sites for hydroxylation is 2. The zero-order chi connectivity index (χ0) is 32.5. The molecule has 2 heteroatoms.